The second-order valence-corrected chi connectivity index (χ2v) is 5.88. The average Bonchev–Trinajstić information content (AvgIpc) is 3.07. The second kappa shape index (κ2) is 5.73. The minimum atomic E-state index is -0.918. The van der Waals surface area contributed by atoms with E-state index < -0.39 is 23.6 Å². The van der Waals surface area contributed by atoms with Crippen molar-refractivity contribution >= 4 is 17.7 Å². The predicted molar refractivity (Wildman–Crippen MR) is 86.1 cm³/mol. The van der Waals surface area contributed by atoms with Crippen molar-refractivity contribution in [2.45, 2.75) is 19.3 Å². The van der Waals surface area contributed by atoms with Crippen LogP contribution in [0.5, 0.6) is 17.2 Å². The van der Waals surface area contributed by atoms with Gasteiger partial charge in [-0.05, 0) is 36.2 Å². The maximum Gasteiger partial charge on any atom is 0.385 e. The summed E-state index contributed by atoms with van der Waals surface area (Å²) in [7, 11) is 0. The van der Waals surface area contributed by atoms with Crippen LogP contribution in [0.1, 0.15) is 40.7 Å². The monoisotopic (exact) mass is 338 g/mol. The summed E-state index contributed by atoms with van der Waals surface area (Å²) >= 11 is 0. The molecule has 0 bridgehead atoms. The van der Waals surface area contributed by atoms with Crippen molar-refractivity contribution in [1.29, 1.82) is 0 Å². The molecule has 2 aliphatic rings. The summed E-state index contributed by atoms with van der Waals surface area (Å²) in [5.41, 5.74) is 1.44. The molecule has 2 heterocycles. The maximum absolute atomic E-state index is 12.3. The lowest BCUT2D eigenvalue weighted by atomic mass is 9.91. The van der Waals surface area contributed by atoms with E-state index in [0.717, 1.165) is 17.7 Å². The van der Waals surface area contributed by atoms with E-state index in [4.69, 9.17) is 14.2 Å². The Kier molecular flexibility index (Phi) is 3.53. The van der Waals surface area contributed by atoms with Crippen molar-refractivity contribution in [3.8, 4) is 17.2 Å². The molecule has 2 aromatic rings. The Morgan fingerprint density at radius 2 is 1.76 bits per heavy atom. The van der Waals surface area contributed by atoms with E-state index in [1.54, 1.807) is 24.3 Å². The van der Waals surface area contributed by atoms with E-state index in [1.807, 2.05) is 6.92 Å². The van der Waals surface area contributed by atoms with Gasteiger partial charge in [0.2, 0.25) is 0 Å². The molecule has 0 saturated heterocycles. The molecule has 0 saturated carbocycles. The Balaban J connectivity index is 1.69. The van der Waals surface area contributed by atoms with Crippen LogP contribution in [0.4, 0.5) is 0 Å². The van der Waals surface area contributed by atoms with Gasteiger partial charge < -0.3 is 14.2 Å². The van der Waals surface area contributed by atoms with Gasteiger partial charge in [0.05, 0.1) is 12.2 Å². The molecule has 0 aliphatic carbocycles. The number of carbonyl (C=O) groups excluding carboxylic acids is 3. The van der Waals surface area contributed by atoms with Crippen LogP contribution in [-0.2, 0) is 9.59 Å². The summed E-state index contributed by atoms with van der Waals surface area (Å²) in [6, 6.07) is 10.1. The van der Waals surface area contributed by atoms with Crippen molar-refractivity contribution in [1.82, 2.24) is 0 Å². The highest BCUT2D eigenvalue weighted by Gasteiger charge is 2.39. The number of carbonyl (C=O) groups is 3. The van der Waals surface area contributed by atoms with Crippen LogP contribution >= 0.6 is 0 Å². The van der Waals surface area contributed by atoms with Crippen LogP contribution in [0.25, 0.3) is 0 Å². The fourth-order valence-corrected chi connectivity index (χ4v) is 2.99. The molecule has 6 nitrogen and oxygen atoms in total. The standard InChI is InChI=1S/C19H14O6/c1-2-7-23-11-5-3-10(4-6-11)16-12-8-15-13(17(20)19(22)25-15)9-14(12)24-18(16)21/h3-6,8-9,16H,2,7H2,1H3. The summed E-state index contributed by atoms with van der Waals surface area (Å²) in [6.45, 7) is 2.65. The Morgan fingerprint density at radius 3 is 2.48 bits per heavy atom. The fourth-order valence-electron chi connectivity index (χ4n) is 2.99. The highest BCUT2D eigenvalue weighted by Crippen LogP contribution is 2.44. The molecule has 0 N–H and O–H groups in total. The quantitative estimate of drug-likeness (QED) is 0.484. The van der Waals surface area contributed by atoms with E-state index in [9.17, 15) is 14.4 Å². The van der Waals surface area contributed by atoms with Crippen LogP contribution in [-0.4, -0.2) is 24.3 Å². The largest absolute Gasteiger partial charge is 0.494 e. The van der Waals surface area contributed by atoms with Crippen molar-refractivity contribution in [2.24, 2.45) is 0 Å². The Hall–Kier alpha value is -3.15. The highest BCUT2D eigenvalue weighted by atomic mass is 16.6. The predicted octanol–water partition coefficient (Wildman–Crippen LogP) is 2.63. The summed E-state index contributed by atoms with van der Waals surface area (Å²) in [4.78, 5) is 35.4. The number of fused-ring (bicyclic) bond motifs is 2. The average molecular weight is 338 g/mol. The lowest BCUT2D eigenvalue weighted by Gasteiger charge is -2.10. The minimum Gasteiger partial charge on any atom is -0.494 e. The molecule has 1 atom stereocenters. The van der Waals surface area contributed by atoms with E-state index in [-0.39, 0.29) is 17.1 Å². The third-order valence-corrected chi connectivity index (χ3v) is 4.19. The molecule has 25 heavy (non-hydrogen) atoms. The van der Waals surface area contributed by atoms with Gasteiger partial charge in [-0.15, -0.1) is 0 Å². The first-order chi connectivity index (χ1) is 12.1. The molecule has 2 aromatic carbocycles. The van der Waals surface area contributed by atoms with E-state index in [0.29, 0.717) is 12.2 Å². The molecular formula is C19H14O6. The third-order valence-electron chi connectivity index (χ3n) is 4.19. The molecule has 0 amide bonds. The normalized spacial score (nSPS) is 17.8. The third kappa shape index (κ3) is 2.46. The van der Waals surface area contributed by atoms with Crippen LogP contribution in [0, 0.1) is 0 Å². The molecule has 0 fully saturated rings. The fraction of sp³-hybridized carbons (Fsp3) is 0.211. The molecular weight excluding hydrogens is 324 g/mol. The summed E-state index contributed by atoms with van der Waals surface area (Å²) in [6.07, 6.45) is 0.909. The Bertz CT molecular complexity index is 897. The van der Waals surface area contributed by atoms with Crippen molar-refractivity contribution < 1.29 is 28.6 Å². The Labute approximate surface area is 143 Å². The summed E-state index contributed by atoms with van der Waals surface area (Å²) in [5.74, 6) is -1.53. The van der Waals surface area contributed by atoms with Gasteiger partial charge in [0, 0.05) is 5.56 Å². The molecule has 1 unspecified atom stereocenters. The van der Waals surface area contributed by atoms with Crippen molar-refractivity contribution in [3.63, 3.8) is 0 Å². The zero-order valence-corrected chi connectivity index (χ0v) is 13.4. The number of Topliss-reactive ketones (excluding diaryl/α,β-unsaturated/α-hetero) is 1. The molecule has 126 valence electrons. The molecule has 6 heteroatoms. The van der Waals surface area contributed by atoms with Gasteiger partial charge in [-0.1, -0.05) is 19.1 Å². The van der Waals surface area contributed by atoms with E-state index in [1.165, 1.54) is 12.1 Å². The van der Waals surface area contributed by atoms with Gasteiger partial charge in [-0.3, -0.25) is 9.59 Å². The number of benzene rings is 2. The summed E-state index contributed by atoms with van der Waals surface area (Å²) < 4.78 is 15.8. The van der Waals surface area contributed by atoms with Crippen molar-refractivity contribution in [3.05, 3.63) is 53.1 Å². The molecule has 2 aliphatic heterocycles. The first-order valence-corrected chi connectivity index (χ1v) is 7.97. The van der Waals surface area contributed by atoms with Crippen LogP contribution < -0.4 is 14.2 Å². The van der Waals surface area contributed by atoms with Crippen molar-refractivity contribution in [2.75, 3.05) is 6.61 Å². The number of ether oxygens (including phenoxy) is 3. The number of rotatable bonds is 4. The number of ketones is 1. The van der Waals surface area contributed by atoms with Gasteiger partial charge in [0.25, 0.3) is 5.78 Å². The Morgan fingerprint density at radius 1 is 1.00 bits per heavy atom. The number of hydrogen-bond acceptors (Lipinski definition) is 6. The van der Waals surface area contributed by atoms with Gasteiger partial charge in [0.1, 0.15) is 23.2 Å². The zero-order valence-electron chi connectivity index (χ0n) is 13.4. The SMILES string of the molecule is CCCOc1ccc(C2C(=O)Oc3cc4c(cc32)OC(=O)C4=O)cc1. The molecule has 0 radical (unpaired) electrons. The smallest absolute Gasteiger partial charge is 0.385 e. The summed E-state index contributed by atoms with van der Waals surface area (Å²) in [5, 5.41) is 0. The molecule has 4 rings (SSSR count). The number of hydrogen-bond donors (Lipinski definition) is 0. The first-order valence-electron chi connectivity index (χ1n) is 7.97. The zero-order chi connectivity index (χ0) is 17.6. The van der Waals surface area contributed by atoms with E-state index in [2.05, 4.69) is 0 Å². The van der Waals surface area contributed by atoms with Crippen LogP contribution in [0.3, 0.4) is 0 Å². The number of esters is 2. The van der Waals surface area contributed by atoms with Gasteiger partial charge in [-0.25, -0.2) is 4.79 Å². The van der Waals surface area contributed by atoms with Crippen LogP contribution in [0.15, 0.2) is 36.4 Å². The van der Waals surface area contributed by atoms with Gasteiger partial charge >= 0.3 is 11.9 Å². The topological polar surface area (TPSA) is 78.9 Å². The van der Waals surface area contributed by atoms with Crippen LogP contribution in [0.2, 0.25) is 0 Å². The first kappa shape index (κ1) is 15.4. The maximum atomic E-state index is 12.3. The molecule has 0 aromatic heterocycles. The molecule has 0 spiro atoms. The highest BCUT2D eigenvalue weighted by molar-refractivity contribution is 6.44. The lowest BCUT2D eigenvalue weighted by Crippen LogP contribution is -2.12. The lowest BCUT2D eigenvalue weighted by molar-refractivity contribution is -0.133. The van der Waals surface area contributed by atoms with Gasteiger partial charge in [0.15, 0.2) is 0 Å². The second-order valence-electron chi connectivity index (χ2n) is 5.88. The van der Waals surface area contributed by atoms with E-state index >= 15 is 0 Å². The minimum absolute atomic E-state index is 0.125. The van der Waals surface area contributed by atoms with Gasteiger partial charge in [-0.2, -0.15) is 0 Å².